The Bertz CT molecular complexity index is 459. The van der Waals surface area contributed by atoms with Crippen molar-refractivity contribution in [1.82, 2.24) is 9.97 Å². The molecule has 5 nitrogen and oxygen atoms in total. The molecule has 0 amide bonds. The van der Waals surface area contributed by atoms with E-state index < -0.39 is 0 Å². The zero-order chi connectivity index (χ0) is 14.7. The third-order valence-corrected chi connectivity index (χ3v) is 4.78. The molecule has 0 aliphatic carbocycles. The Morgan fingerprint density at radius 2 is 1.71 bits per heavy atom. The summed E-state index contributed by atoms with van der Waals surface area (Å²) in [5, 5.41) is 9.83. The first kappa shape index (κ1) is 14.6. The second-order valence-electron chi connectivity index (χ2n) is 6.37. The predicted molar refractivity (Wildman–Crippen MR) is 84.7 cm³/mol. The highest BCUT2D eigenvalue weighted by Crippen LogP contribution is 2.26. The molecule has 5 heteroatoms. The molecule has 0 bridgehead atoms. The van der Waals surface area contributed by atoms with Crippen LogP contribution in [0.25, 0.3) is 0 Å². The standard InChI is InChI=1S/C16H26N4O/c1-13(21)14-6-5-9-20(11-14)16-10-15(17-12-18-16)19-7-3-2-4-8-19/h10,12-14,21H,2-9,11H2,1H3. The van der Waals surface area contributed by atoms with Crippen molar-refractivity contribution in [3.63, 3.8) is 0 Å². The van der Waals surface area contributed by atoms with Crippen molar-refractivity contribution in [2.24, 2.45) is 5.92 Å². The summed E-state index contributed by atoms with van der Waals surface area (Å²) < 4.78 is 0. The van der Waals surface area contributed by atoms with Gasteiger partial charge in [0.25, 0.3) is 0 Å². The molecule has 21 heavy (non-hydrogen) atoms. The maximum atomic E-state index is 9.83. The molecule has 1 aromatic heterocycles. The van der Waals surface area contributed by atoms with Gasteiger partial charge in [0, 0.05) is 38.2 Å². The zero-order valence-corrected chi connectivity index (χ0v) is 12.9. The summed E-state index contributed by atoms with van der Waals surface area (Å²) in [6.07, 6.45) is 7.52. The highest BCUT2D eigenvalue weighted by atomic mass is 16.3. The minimum atomic E-state index is -0.240. The fourth-order valence-corrected chi connectivity index (χ4v) is 3.42. The molecule has 0 aromatic carbocycles. The van der Waals surface area contributed by atoms with Crippen LogP contribution in [-0.2, 0) is 0 Å². The van der Waals surface area contributed by atoms with E-state index in [0.717, 1.165) is 50.7 Å². The Labute approximate surface area is 127 Å². The van der Waals surface area contributed by atoms with Crippen LogP contribution in [0.2, 0.25) is 0 Å². The van der Waals surface area contributed by atoms with Crippen LogP contribution >= 0.6 is 0 Å². The van der Waals surface area contributed by atoms with Gasteiger partial charge >= 0.3 is 0 Å². The molecule has 2 aliphatic heterocycles. The molecule has 2 saturated heterocycles. The molecule has 3 heterocycles. The van der Waals surface area contributed by atoms with Crippen LogP contribution < -0.4 is 9.80 Å². The van der Waals surface area contributed by atoms with Gasteiger partial charge in [-0.3, -0.25) is 0 Å². The van der Waals surface area contributed by atoms with Gasteiger partial charge in [-0.05, 0) is 39.0 Å². The van der Waals surface area contributed by atoms with Gasteiger partial charge in [0.05, 0.1) is 6.10 Å². The Hall–Kier alpha value is -1.36. The highest BCUT2D eigenvalue weighted by Gasteiger charge is 2.25. The fraction of sp³-hybridized carbons (Fsp3) is 0.750. The molecular formula is C16H26N4O. The van der Waals surface area contributed by atoms with Gasteiger partial charge in [-0.1, -0.05) is 0 Å². The van der Waals surface area contributed by atoms with Crippen LogP contribution in [0.15, 0.2) is 12.4 Å². The van der Waals surface area contributed by atoms with E-state index in [2.05, 4.69) is 25.8 Å². The van der Waals surface area contributed by atoms with Crippen LogP contribution in [0.3, 0.4) is 0 Å². The van der Waals surface area contributed by atoms with E-state index in [9.17, 15) is 5.11 Å². The van der Waals surface area contributed by atoms with Gasteiger partial charge in [-0.15, -0.1) is 0 Å². The van der Waals surface area contributed by atoms with E-state index in [1.165, 1.54) is 19.3 Å². The van der Waals surface area contributed by atoms with Gasteiger partial charge in [-0.2, -0.15) is 0 Å². The van der Waals surface area contributed by atoms with Crippen LogP contribution in [0, 0.1) is 5.92 Å². The molecule has 0 radical (unpaired) electrons. The first-order valence-electron chi connectivity index (χ1n) is 8.24. The first-order valence-corrected chi connectivity index (χ1v) is 8.24. The van der Waals surface area contributed by atoms with Gasteiger partial charge < -0.3 is 14.9 Å². The zero-order valence-electron chi connectivity index (χ0n) is 12.9. The van der Waals surface area contributed by atoms with Gasteiger partial charge in [0.2, 0.25) is 0 Å². The van der Waals surface area contributed by atoms with E-state index in [1.54, 1.807) is 6.33 Å². The number of anilines is 2. The molecule has 1 aromatic rings. The maximum absolute atomic E-state index is 9.83. The molecular weight excluding hydrogens is 264 g/mol. The smallest absolute Gasteiger partial charge is 0.134 e. The average Bonchev–Trinajstić information content (AvgIpc) is 2.56. The molecule has 0 spiro atoms. The van der Waals surface area contributed by atoms with Crippen LogP contribution in [-0.4, -0.2) is 47.4 Å². The largest absolute Gasteiger partial charge is 0.393 e. The minimum absolute atomic E-state index is 0.240. The number of piperidine rings is 2. The molecule has 0 saturated carbocycles. The Balaban J connectivity index is 1.72. The van der Waals surface area contributed by atoms with Crippen molar-refractivity contribution in [2.45, 2.75) is 45.1 Å². The third kappa shape index (κ3) is 3.46. The average molecular weight is 290 g/mol. The summed E-state index contributed by atoms with van der Waals surface area (Å²) in [6, 6.07) is 2.12. The number of hydrogen-bond acceptors (Lipinski definition) is 5. The second kappa shape index (κ2) is 6.60. The van der Waals surface area contributed by atoms with E-state index in [1.807, 2.05) is 6.92 Å². The van der Waals surface area contributed by atoms with Gasteiger partial charge in [0.15, 0.2) is 0 Å². The SMILES string of the molecule is CC(O)C1CCCN(c2cc(N3CCCCC3)ncn2)C1. The lowest BCUT2D eigenvalue weighted by Crippen LogP contribution is -2.40. The normalized spacial score (nSPS) is 25.0. The van der Waals surface area contributed by atoms with Crippen LogP contribution in [0.5, 0.6) is 0 Å². The molecule has 116 valence electrons. The molecule has 2 fully saturated rings. The first-order chi connectivity index (χ1) is 10.2. The fourth-order valence-electron chi connectivity index (χ4n) is 3.42. The van der Waals surface area contributed by atoms with E-state index in [4.69, 9.17) is 0 Å². The Morgan fingerprint density at radius 3 is 2.43 bits per heavy atom. The maximum Gasteiger partial charge on any atom is 0.134 e. The summed E-state index contributed by atoms with van der Waals surface area (Å²) in [4.78, 5) is 13.6. The Kier molecular flexibility index (Phi) is 4.58. The van der Waals surface area contributed by atoms with Crippen molar-refractivity contribution in [3.05, 3.63) is 12.4 Å². The van der Waals surface area contributed by atoms with Gasteiger partial charge in [-0.25, -0.2) is 9.97 Å². The topological polar surface area (TPSA) is 52.5 Å². The molecule has 2 aliphatic rings. The summed E-state index contributed by atoms with van der Waals surface area (Å²) >= 11 is 0. The molecule has 2 atom stereocenters. The molecule has 3 rings (SSSR count). The van der Waals surface area contributed by atoms with Crippen molar-refractivity contribution in [2.75, 3.05) is 36.0 Å². The number of nitrogens with zero attached hydrogens (tertiary/aromatic N) is 4. The highest BCUT2D eigenvalue weighted by molar-refractivity contribution is 5.50. The van der Waals surface area contributed by atoms with E-state index in [0.29, 0.717) is 5.92 Å². The Morgan fingerprint density at radius 1 is 1.05 bits per heavy atom. The number of aliphatic hydroxyl groups excluding tert-OH is 1. The monoisotopic (exact) mass is 290 g/mol. The number of aliphatic hydroxyl groups is 1. The summed E-state index contributed by atoms with van der Waals surface area (Å²) in [5.41, 5.74) is 0. The van der Waals surface area contributed by atoms with Crippen LogP contribution in [0.1, 0.15) is 39.0 Å². The molecule has 1 N–H and O–H groups in total. The summed E-state index contributed by atoms with van der Waals surface area (Å²) in [6.45, 7) is 6.03. The lowest BCUT2D eigenvalue weighted by molar-refractivity contribution is 0.115. The second-order valence-corrected chi connectivity index (χ2v) is 6.37. The van der Waals surface area contributed by atoms with E-state index >= 15 is 0 Å². The molecule has 2 unspecified atom stereocenters. The van der Waals surface area contributed by atoms with Crippen LogP contribution in [0.4, 0.5) is 11.6 Å². The quantitative estimate of drug-likeness (QED) is 0.923. The number of hydrogen-bond donors (Lipinski definition) is 1. The minimum Gasteiger partial charge on any atom is -0.393 e. The number of aromatic nitrogens is 2. The number of rotatable bonds is 3. The van der Waals surface area contributed by atoms with Crippen molar-refractivity contribution in [1.29, 1.82) is 0 Å². The lowest BCUT2D eigenvalue weighted by Gasteiger charge is -2.35. The van der Waals surface area contributed by atoms with Crippen molar-refractivity contribution < 1.29 is 5.11 Å². The lowest BCUT2D eigenvalue weighted by atomic mass is 9.93. The summed E-state index contributed by atoms with van der Waals surface area (Å²) in [5.74, 6) is 2.42. The summed E-state index contributed by atoms with van der Waals surface area (Å²) in [7, 11) is 0. The third-order valence-electron chi connectivity index (χ3n) is 4.78. The van der Waals surface area contributed by atoms with Gasteiger partial charge in [0.1, 0.15) is 18.0 Å². The predicted octanol–water partition coefficient (Wildman–Crippen LogP) is 2.06. The van der Waals surface area contributed by atoms with Crippen molar-refractivity contribution >= 4 is 11.6 Å². The van der Waals surface area contributed by atoms with E-state index in [-0.39, 0.29) is 6.10 Å². The van der Waals surface area contributed by atoms with Crippen molar-refractivity contribution in [3.8, 4) is 0 Å².